The zero-order valence-corrected chi connectivity index (χ0v) is 15.9. The van der Waals surface area contributed by atoms with Crippen LogP contribution in [0.3, 0.4) is 0 Å². The molecule has 0 aliphatic rings. The summed E-state index contributed by atoms with van der Waals surface area (Å²) in [6, 6.07) is 8.09. The minimum absolute atomic E-state index is 0.899. The van der Waals surface area contributed by atoms with Gasteiger partial charge in [-0.2, -0.15) is 0 Å². The summed E-state index contributed by atoms with van der Waals surface area (Å²) >= 11 is -1.11. The molecule has 3 heteroatoms. The van der Waals surface area contributed by atoms with E-state index in [0.717, 1.165) is 11.5 Å². The van der Waals surface area contributed by atoms with Crippen molar-refractivity contribution in [3.63, 3.8) is 0 Å². The maximum atomic E-state index is 6.36. The second kappa shape index (κ2) is 12.9. The van der Waals surface area contributed by atoms with Gasteiger partial charge in [0.15, 0.2) is 0 Å². The van der Waals surface area contributed by atoms with Crippen molar-refractivity contribution < 1.29 is 8.53 Å². The highest BCUT2D eigenvalue weighted by atomic mass is 27.2. The van der Waals surface area contributed by atoms with E-state index in [4.69, 9.17) is 8.53 Å². The minimum atomic E-state index is -1.11. The molecule has 2 nitrogen and oxygen atoms in total. The van der Waals surface area contributed by atoms with Crippen LogP contribution >= 0.6 is 0 Å². The zero-order chi connectivity index (χ0) is 16.0. The number of methoxy groups -OCH3 is 1. The van der Waals surface area contributed by atoms with Crippen molar-refractivity contribution in [2.24, 2.45) is 0 Å². The highest BCUT2D eigenvalue weighted by molar-refractivity contribution is 6.52. The SMILES string of the molecule is CCCCC[CH2][Al]([CH2]CCCCC)[O]c1ccc(OC)cc1. The third kappa shape index (κ3) is 8.71. The summed E-state index contributed by atoms with van der Waals surface area (Å²) in [5.74, 6) is 1.93. The molecule has 0 amide bonds. The summed E-state index contributed by atoms with van der Waals surface area (Å²) < 4.78 is 11.6. The first kappa shape index (κ1) is 19.4. The van der Waals surface area contributed by atoms with Gasteiger partial charge in [-0.05, 0) is 24.3 Å². The first-order valence-electron chi connectivity index (χ1n) is 9.10. The Hall–Kier alpha value is -0.648. The Bertz CT molecular complexity index is 352. The van der Waals surface area contributed by atoms with E-state index in [9.17, 15) is 0 Å². The number of ether oxygens (including phenoxy) is 1. The summed E-state index contributed by atoms with van der Waals surface area (Å²) in [4.78, 5) is 0. The van der Waals surface area contributed by atoms with Crippen LogP contribution in [0.4, 0.5) is 0 Å². The standard InChI is InChI=1S/C7H8O2.2C6H13.Al/c1-9-7-4-2-6(8)3-5-7;2*1-3-5-6-4-2;/h2-5,8H,1H3;2*1,3-6H2,2H3;/q;;;+1/p-1. The maximum Gasteiger partial charge on any atom is 0.546 e. The fourth-order valence-corrected chi connectivity index (χ4v) is 5.26. The van der Waals surface area contributed by atoms with Crippen molar-refractivity contribution in [1.82, 2.24) is 0 Å². The van der Waals surface area contributed by atoms with Crippen molar-refractivity contribution in [2.75, 3.05) is 7.11 Å². The molecule has 124 valence electrons. The first-order chi connectivity index (χ1) is 10.8. The summed E-state index contributed by atoms with van der Waals surface area (Å²) in [6.45, 7) is 4.54. The third-order valence-electron chi connectivity index (χ3n) is 4.12. The fourth-order valence-electron chi connectivity index (χ4n) is 2.71. The molecule has 0 radical (unpaired) electrons. The van der Waals surface area contributed by atoms with Crippen LogP contribution in [0, 0.1) is 0 Å². The summed E-state index contributed by atoms with van der Waals surface area (Å²) in [5, 5.41) is 2.64. The van der Waals surface area contributed by atoms with Gasteiger partial charge >= 0.3 is 14.5 Å². The normalized spacial score (nSPS) is 10.5. The molecule has 0 aromatic heterocycles. The van der Waals surface area contributed by atoms with Crippen LogP contribution < -0.4 is 8.53 Å². The predicted molar refractivity (Wildman–Crippen MR) is 97.3 cm³/mol. The first-order valence-corrected chi connectivity index (χ1v) is 11.2. The fraction of sp³-hybridized carbons (Fsp3) is 0.684. The zero-order valence-electron chi connectivity index (χ0n) is 14.8. The van der Waals surface area contributed by atoms with Gasteiger partial charge in [-0.15, -0.1) is 0 Å². The molecule has 1 aromatic carbocycles. The summed E-state index contributed by atoms with van der Waals surface area (Å²) in [7, 11) is 1.70. The molecule has 0 unspecified atom stereocenters. The van der Waals surface area contributed by atoms with E-state index in [0.29, 0.717) is 0 Å². The van der Waals surface area contributed by atoms with E-state index in [1.165, 1.54) is 61.9 Å². The molecule has 0 spiro atoms. The average Bonchev–Trinajstić information content (AvgIpc) is 2.56. The van der Waals surface area contributed by atoms with Crippen molar-refractivity contribution >= 4 is 14.5 Å². The van der Waals surface area contributed by atoms with E-state index >= 15 is 0 Å². The molecule has 0 saturated heterocycles. The molecule has 0 aliphatic heterocycles. The van der Waals surface area contributed by atoms with Gasteiger partial charge < -0.3 is 8.53 Å². The molecule has 1 aromatic rings. The molecular formula is C19H33AlO2. The average molecular weight is 320 g/mol. The lowest BCUT2D eigenvalue weighted by molar-refractivity contribution is 0.414. The largest absolute Gasteiger partial charge is 0.643 e. The molecular weight excluding hydrogens is 287 g/mol. The quantitative estimate of drug-likeness (QED) is 0.317. The predicted octanol–water partition coefficient (Wildman–Crippen LogP) is 6.23. The second-order valence-corrected chi connectivity index (χ2v) is 8.75. The maximum absolute atomic E-state index is 6.36. The minimum Gasteiger partial charge on any atom is -0.643 e. The van der Waals surface area contributed by atoms with Crippen molar-refractivity contribution in [3.05, 3.63) is 24.3 Å². The van der Waals surface area contributed by atoms with Gasteiger partial charge in [-0.1, -0.05) is 75.8 Å². The van der Waals surface area contributed by atoms with Crippen LogP contribution in [-0.2, 0) is 0 Å². The number of hydrogen-bond donors (Lipinski definition) is 0. The summed E-state index contributed by atoms with van der Waals surface area (Å²) in [5.41, 5.74) is 0. The lowest BCUT2D eigenvalue weighted by atomic mass is 10.2. The Balaban J connectivity index is 2.43. The highest BCUT2D eigenvalue weighted by Gasteiger charge is 2.22. The Labute approximate surface area is 141 Å². The van der Waals surface area contributed by atoms with Gasteiger partial charge in [-0.3, -0.25) is 0 Å². The Kier molecular flexibility index (Phi) is 11.3. The van der Waals surface area contributed by atoms with Gasteiger partial charge in [0, 0.05) is 0 Å². The second-order valence-electron chi connectivity index (χ2n) is 6.11. The van der Waals surface area contributed by atoms with Crippen LogP contribution in [0.5, 0.6) is 11.5 Å². The van der Waals surface area contributed by atoms with Gasteiger partial charge in [0.05, 0.1) is 12.9 Å². The molecule has 0 heterocycles. The van der Waals surface area contributed by atoms with E-state index in [1.807, 2.05) is 12.1 Å². The monoisotopic (exact) mass is 320 g/mol. The summed E-state index contributed by atoms with van der Waals surface area (Å²) in [6.07, 6.45) is 10.7. The molecule has 0 bridgehead atoms. The van der Waals surface area contributed by atoms with Crippen molar-refractivity contribution in [1.29, 1.82) is 0 Å². The Morgan fingerprint density at radius 2 is 1.23 bits per heavy atom. The topological polar surface area (TPSA) is 18.5 Å². The molecule has 1 rings (SSSR count). The van der Waals surface area contributed by atoms with Crippen LogP contribution in [0.15, 0.2) is 24.3 Å². The number of rotatable bonds is 13. The van der Waals surface area contributed by atoms with E-state index in [-0.39, 0.29) is 0 Å². The smallest absolute Gasteiger partial charge is 0.546 e. The molecule has 22 heavy (non-hydrogen) atoms. The van der Waals surface area contributed by atoms with Crippen LogP contribution in [-0.4, -0.2) is 21.6 Å². The van der Waals surface area contributed by atoms with Crippen LogP contribution in [0.1, 0.15) is 65.2 Å². The van der Waals surface area contributed by atoms with Gasteiger partial charge in [0.2, 0.25) is 0 Å². The Morgan fingerprint density at radius 3 is 1.68 bits per heavy atom. The van der Waals surface area contributed by atoms with Gasteiger partial charge in [0.1, 0.15) is 5.75 Å². The molecule has 0 aliphatic carbocycles. The number of benzene rings is 1. The van der Waals surface area contributed by atoms with Gasteiger partial charge in [0.25, 0.3) is 0 Å². The lowest BCUT2D eigenvalue weighted by Gasteiger charge is -2.15. The van der Waals surface area contributed by atoms with E-state index < -0.39 is 14.5 Å². The van der Waals surface area contributed by atoms with Crippen molar-refractivity contribution in [3.8, 4) is 11.5 Å². The Morgan fingerprint density at radius 1 is 0.727 bits per heavy atom. The molecule has 0 atom stereocenters. The van der Waals surface area contributed by atoms with E-state index in [1.54, 1.807) is 7.11 Å². The number of hydrogen-bond acceptors (Lipinski definition) is 2. The van der Waals surface area contributed by atoms with Gasteiger partial charge in [-0.25, -0.2) is 0 Å². The highest BCUT2D eigenvalue weighted by Crippen LogP contribution is 2.21. The van der Waals surface area contributed by atoms with E-state index in [2.05, 4.69) is 26.0 Å². The molecule has 0 fully saturated rings. The van der Waals surface area contributed by atoms with Crippen molar-refractivity contribution in [2.45, 2.75) is 75.8 Å². The third-order valence-corrected chi connectivity index (χ3v) is 6.83. The van der Waals surface area contributed by atoms with Crippen LogP contribution in [0.2, 0.25) is 10.6 Å². The number of unbranched alkanes of at least 4 members (excludes halogenated alkanes) is 6. The lowest BCUT2D eigenvalue weighted by Crippen LogP contribution is -2.21. The molecule has 0 saturated carbocycles. The molecule has 0 N–H and O–H groups in total. The van der Waals surface area contributed by atoms with Crippen LogP contribution in [0.25, 0.3) is 0 Å².